The number of hydrogen-bond donors (Lipinski definition) is 2. The summed E-state index contributed by atoms with van der Waals surface area (Å²) in [7, 11) is 0. The van der Waals surface area contributed by atoms with Crippen molar-refractivity contribution in [2.24, 2.45) is 5.41 Å². The number of nitrogens with zero attached hydrogens (tertiary/aromatic N) is 1. The molecule has 1 heterocycles. The Bertz CT molecular complexity index is 446. The molecule has 1 unspecified atom stereocenters. The van der Waals surface area contributed by atoms with Gasteiger partial charge in [0.1, 0.15) is 5.75 Å². The van der Waals surface area contributed by atoms with Crippen molar-refractivity contribution in [2.75, 3.05) is 24.5 Å². The van der Waals surface area contributed by atoms with E-state index in [0.717, 1.165) is 30.9 Å². The lowest BCUT2D eigenvalue weighted by atomic mass is 9.82. The number of rotatable bonds is 4. The van der Waals surface area contributed by atoms with E-state index in [2.05, 4.69) is 50.0 Å². The fraction of sp³-hybridized carbons (Fsp3) is 0.647. The van der Waals surface area contributed by atoms with Gasteiger partial charge in [-0.1, -0.05) is 26.8 Å². The SMILES string of the molecule is CCNC(C)c1ccc(N2CCC(C)(C)CC2)cc1O. The number of anilines is 1. The van der Waals surface area contributed by atoms with Crippen LogP contribution in [-0.4, -0.2) is 24.7 Å². The molecule has 20 heavy (non-hydrogen) atoms. The number of nitrogens with one attached hydrogen (secondary N) is 1. The van der Waals surface area contributed by atoms with E-state index in [1.165, 1.54) is 12.8 Å². The summed E-state index contributed by atoms with van der Waals surface area (Å²) in [5, 5.41) is 13.6. The first kappa shape index (κ1) is 15.2. The lowest BCUT2D eigenvalue weighted by Crippen LogP contribution is -2.37. The highest BCUT2D eigenvalue weighted by molar-refractivity contribution is 5.54. The van der Waals surface area contributed by atoms with Crippen LogP contribution in [0.25, 0.3) is 0 Å². The van der Waals surface area contributed by atoms with Gasteiger partial charge >= 0.3 is 0 Å². The van der Waals surface area contributed by atoms with Gasteiger partial charge < -0.3 is 15.3 Å². The van der Waals surface area contributed by atoms with E-state index in [-0.39, 0.29) is 6.04 Å². The van der Waals surface area contributed by atoms with Gasteiger partial charge in [0.05, 0.1) is 0 Å². The Morgan fingerprint density at radius 3 is 2.50 bits per heavy atom. The van der Waals surface area contributed by atoms with Crippen molar-refractivity contribution < 1.29 is 5.11 Å². The second kappa shape index (κ2) is 6.04. The van der Waals surface area contributed by atoms with E-state index in [9.17, 15) is 5.11 Å². The molecular formula is C17H28N2O. The Hall–Kier alpha value is -1.22. The van der Waals surface area contributed by atoms with Gasteiger partial charge in [-0.05, 0) is 37.8 Å². The third-order valence-corrected chi connectivity index (χ3v) is 4.47. The molecule has 2 N–H and O–H groups in total. The van der Waals surface area contributed by atoms with Crippen LogP contribution in [0.2, 0.25) is 0 Å². The zero-order chi connectivity index (χ0) is 14.8. The minimum absolute atomic E-state index is 0.189. The maximum Gasteiger partial charge on any atom is 0.122 e. The standard InChI is InChI=1S/C17H28N2O/c1-5-18-13(2)15-7-6-14(12-16(15)20)19-10-8-17(3,4)9-11-19/h6-7,12-13,18,20H,5,8-11H2,1-4H3. The van der Waals surface area contributed by atoms with Crippen LogP contribution in [-0.2, 0) is 0 Å². The summed E-state index contributed by atoms with van der Waals surface area (Å²) in [5.74, 6) is 0.404. The number of aromatic hydroxyl groups is 1. The van der Waals surface area contributed by atoms with E-state index in [1.54, 1.807) is 0 Å². The molecule has 3 heteroatoms. The topological polar surface area (TPSA) is 35.5 Å². The van der Waals surface area contributed by atoms with Crippen molar-refractivity contribution in [1.82, 2.24) is 5.32 Å². The highest BCUT2D eigenvalue weighted by Crippen LogP contribution is 2.34. The van der Waals surface area contributed by atoms with Crippen LogP contribution < -0.4 is 10.2 Å². The highest BCUT2D eigenvalue weighted by Gasteiger charge is 2.25. The third kappa shape index (κ3) is 3.45. The molecule has 0 radical (unpaired) electrons. The maximum absolute atomic E-state index is 10.3. The Morgan fingerprint density at radius 2 is 1.95 bits per heavy atom. The largest absolute Gasteiger partial charge is 0.508 e. The predicted molar refractivity (Wildman–Crippen MR) is 85.4 cm³/mol. The summed E-state index contributed by atoms with van der Waals surface area (Å²) in [4.78, 5) is 2.38. The summed E-state index contributed by atoms with van der Waals surface area (Å²) in [6, 6.07) is 6.30. The first-order valence-corrected chi connectivity index (χ1v) is 7.74. The Morgan fingerprint density at radius 1 is 1.30 bits per heavy atom. The lowest BCUT2D eigenvalue weighted by Gasteiger charge is -2.38. The van der Waals surface area contributed by atoms with Gasteiger partial charge in [-0.3, -0.25) is 0 Å². The normalized spacial score (nSPS) is 19.9. The fourth-order valence-corrected chi connectivity index (χ4v) is 2.88. The molecule has 0 aromatic heterocycles. The minimum atomic E-state index is 0.189. The van der Waals surface area contributed by atoms with E-state index in [1.807, 2.05) is 6.07 Å². The maximum atomic E-state index is 10.3. The summed E-state index contributed by atoms with van der Waals surface area (Å²) in [6.07, 6.45) is 2.42. The number of benzene rings is 1. The van der Waals surface area contributed by atoms with Gasteiger partial charge in [0.15, 0.2) is 0 Å². The first-order chi connectivity index (χ1) is 9.43. The Labute approximate surface area is 123 Å². The van der Waals surface area contributed by atoms with Crippen LogP contribution in [0.1, 0.15) is 52.1 Å². The van der Waals surface area contributed by atoms with Gasteiger partial charge in [-0.15, -0.1) is 0 Å². The molecule has 3 nitrogen and oxygen atoms in total. The Kier molecular flexibility index (Phi) is 4.59. The minimum Gasteiger partial charge on any atom is -0.508 e. The molecule has 1 fully saturated rings. The van der Waals surface area contributed by atoms with Crippen LogP contribution >= 0.6 is 0 Å². The van der Waals surface area contributed by atoms with Gasteiger partial charge in [-0.2, -0.15) is 0 Å². The van der Waals surface area contributed by atoms with Gasteiger partial charge in [0.25, 0.3) is 0 Å². The van der Waals surface area contributed by atoms with Crippen molar-refractivity contribution >= 4 is 5.69 Å². The first-order valence-electron chi connectivity index (χ1n) is 7.74. The third-order valence-electron chi connectivity index (χ3n) is 4.47. The van der Waals surface area contributed by atoms with E-state index >= 15 is 0 Å². The number of phenolic OH excluding ortho intramolecular Hbond substituents is 1. The molecule has 0 spiro atoms. The molecule has 1 atom stereocenters. The van der Waals surface area contributed by atoms with Gasteiger partial charge in [0, 0.05) is 36.4 Å². The zero-order valence-corrected chi connectivity index (χ0v) is 13.2. The molecule has 1 aliphatic heterocycles. The molecule has 0 saturated carbocycles. The van der Waals surface area contributed by atoms with Crippen LogP contribution in [0.3, 0.4) is 0 Å². The average molecular weight is 276 g/mol. The quantitative estimate of drug-likeness (QED) is 0.880. The smallest absolute Gasteiger partial charge is 0.122 e. The number of phenols is 1. The molecule has 1 aliphatic rings. The molecule has 112 valence electrons. The average Bonchev–Trinajstić information content (AvgIpc) is 2.38. The zero-order valence-electron chi connectivity index (χ0n) is 13.2. The van der Waals surface area contributed by atoms with Crippen LogP contribution in [0.4, 0.5) is 5.69 Å². The summed E-state index contributed by atoms with van der Waals surface area (Å²) >= 11 is 0. The molecule has 1 saturated heterocycles. The van der Waals surface area contributed by atoms with E-state index in [4.69, 9.17) is 0 Å². The van der Waals surface area contributed by atoms with Crippen molar-refractivity contribution in [3.63, 3.8) is 0 Å². The van der Waals surface area contributed by atoms with Crippen molar-refractivity contribution in [1.29, 1.82) is 0 Å². The molecule has 0 amide bonds. The predicted octanol–water partition coefficient (Wildman–Crippen LogP) is 3.69. The van der Waals surface area contributed by atoms with E-state index in [0.29, 0.717) is 11.2 Å². The van der Waals surface area contributed by atoms with Crippen LogP contribution in [0.15, 0.2) is 18.2 Å². The summed E-state index contributed by atoms with van der Waals surface area (Å²) < 4.78 is 0. The molecule has 2 rings (SSSR count). The van der Waals surface area contributed by atoms with Crippen molar-refractivity contribution in [3.05, 3.63) is 23.8 Å². The van der Waals surface area contributed by atoms with Gasteiger partial charge in [0.2, 0.25) is 0 Å². The van der Waals surface area contributed by atoms with Crippen molar-refractivity contribution in [3.8, 4) is 5.75 Å². The van der Waals surface area contributed by atoms with Gasteiger partial charge in [-0.25, -0.2) is 0 Å². The summed E-state index contributed by atoms with van der Waals surface area (Å²) in [6.45, 7) is 11.9. The molecular weight excluding hydrogens is 248 g/mol. The van der Waals surface area contributed by atoms with Crippen LogP contribution in [0.5, 0.6) is 5.75 Å². The number of hydrogen-bond acceptors (Lipinski definition) is 3. The molecule has 0 bridgehead atoms. The molecule has 1 aromatic rings. The monoisotopic (exact) mass is 276 g/mol. The molecule has 1 aromatic carbocycles. The van der Waals surface area contributed by atoms with Crippen molar-refractivity contribution in [2.45, 2.75) is 46.6 Å². The highest BCUT2D eigenvalue weighted by atomic mass is 16.3. The lowest BCUT2D eigenvalue weighted by molar-refractivity contribution is 0.280. The van der Waals surface area contributed by atoms with Crippen LogP contribution in [0, 0.1) is 5.41 Å². The second-order valence-corrected chi connectivity index (χ2v) is 6.67. The summed E-state index contributed by atoms with van der Waals surface area (Å²) in [5.41, 5.74) is 2.58. The fourth-order valence-electron chi connectivity index (χ4n) is 2.88. The van der Waals surface area contributed by atoms with E-state index < -0.39 is 0 Å². The number of piperidine rings is 1. The molecule has 0 aliphatic carbocycles. The second-order valence-electron chi connectivity index (χ2n) is 6.67. The Balaban J connectivity index is 2.09.